The van der Waals surface area contributed by atoms with E-state index in [9.17, 15) is 14.3 Å². The van der Waals surface area contributed by atoms with Crippen LogP contribution < -0.4 is 0 Å². The van der Waals surface area contributed by atoms with Crippen molar-refractivity contribution >= 4 is 13.8 Å². The van der Waals surface area contributed by atoms with Crippen molar-refractivity contribution in [1.82, 2.24) is 0 Å². The Balaban J connectivity index is 4.12. The van der Waals surface area contributed by atoms with Crippen molar-refractivity contribution in [3.05, 3.63) is 85.1 Å². The third kappa shape index (κ3) is 58.4. The van der Waals surface area contributed by atoms with E-state index in [2.05, 4.69) is 98.9 Å². The molecule has 71 heavy (non-hydrogen) atoms. The number of rotatable bonds is 54. The van der Waals surface area contributed by atoms with Crippen LogP contribution in [0.25, 0.3) is 0 Å². The topological polar surface area (TPSA) is 91.3 Å². The highest BCUT2D eigenvalue weighted by atomic mass is 31.2. The highest BCUT2D eigenvalue weighted by Crippen LogP contribution is 2.43. The first-order valence-electron chi connectivity index (χ1n) is 29.3. The number of ether oxygens (including phenoxy) is 2. The Morgan fingerprint density at radius 2 is 0.817 bits per heavy atom. The van der Waals surface area contributed by atoms with E-state index in [1.807, 2.05) is 21.1 Å². The average molecular weight is 1020 g/mol. The summed E-state index contributed by atoms with van der Waals surface area (Å²) in [6.45, 7) is 5.48. The van der Waals surface area contributed by atoms with Gasteiger partial charge in [-0.15, -0.1) is 0 Å². The Morgan fingerprint density at radius 1 is 0.451 bits per heavy atom. The standard InChI is InChI=1S/C62H112NO7P/c1-6-8-10-12-14-16-18-20-22-24-26-28-30-32-33-35-37-39-41-43-45-47-49-51-53-55-62(64)70-61(60-69-71(65,66)68-58-56-63(3,4)5)59-67-57-54-52-50-48-46-44-42-40-38-36-34-31-29-27-25-23-21-19-17-15-13-11-9-7-2/h9,11,15,17,21,23-24,26-27,29,34,36,40,42,61H,6-8,10,12-14,16,18-20,22,25,28,30-33,35,37-39,41,43-60H2,1-5H3/p+1/b11-9-,17-15-,23-21-,26-24-,29-27-,36-34-,42-40-. The van der Waals surface area contributed by atoms with Gasteiger partial charge in [0, 0.05) is 13.0 Å². The maximum Gasteiger partial charge on any atom is 0.472 e. The molecule has 2 unspecified atom stereocenters. The van der Waals surface area contributed by atoms with Crippen molar-refractivity contribution in [2.75, 3.05) is 54.1 Å². The highest BCUT2D eigenvalue weighted by Gasteiger charge is 2.26. The van der Waals surface area contributed by atoms with E-state index < -0.39 is 13.9 Å². The molecular weight excluding hydrogens is 902 g/mol. The summed E-state index contributed by atoms with van der Waals surface area (Å²) in [6, 6.07) is 0. The lowest BCUT2D eigenvalue weighted by Crippen LogP contribution is -2.37. The van der Waals surface area contributed by atoms with Crippen LogP contribution in [0.15, 0.2) is 85.1 Å². The molecule has 2 atom stereocenters. The summed E-state index contributed by atoms with van der Waals surface area (Å²) in [5.41, 5.74) is 0. The zero-order valence-corrected chi connectivity index (χ0v) is 47.8. The number of hydrogen-bond donors (Lipinski definition) is 1. The van der Waals surface area contributed by atoms with Crippen molar-refractivity contribution in [1.29, 1.82) is 0 Å². The fourth-order valence-corrected chi connectivity index (χ4v) is 8.71. The zero-order valence-electron chi connectivity index (χ0n) is 46.9. The van der Waals surface area contributed by atoms with Crippen LogP contribution in [0.4, 0.5) is 0 Å². The van der Waals surface area contributed by atoms with Crippen LogP contribution in [0.1, 0.15) is 245 Å². The number of phosphoric ester groups is 1. The second-order valence-electron chi connectivity index (χ2n) is 20.6. The molecule has 0 aromatic rings. The van der Waals surface area contributed by atoms with Crippen LogP contribution >= 0.6 is 7.82 Å². The fraction of sp³-hybridized carbons (Fsp3) is 0.758. The highest BCUT2D eigenvalue weighted by molar-refractivity contribution is 7.47. The number of hydrogen-bond acceptors (Lipinski definition) is 6. The number of unbranched alkanes of at least 4 members (excludes halogenated alkanes) is 26. The molecule has 0 fully saturated rings. The number of carbonyl (C=O) groups excluding carboxylic acids is 1. The van der Waals surface area contributed by atoms with Crippen LogP contribution in [0.2, 0.25) is 0 Å². The number of nitrogens with zero attached hydrogens (tertiary/aromatic N) is 1. The minimum Gasteiger partial charge on any atom is -0.457 e. The molecule has 0 amide bonds. The summed E-state index contributed by atoms with van der Waals surface area (Å²) >= 11 is 0. The Morgan fingerprint density at radius 3 is 1.24 bits per heavy atom. The van der Waals surface area contributed by atoms with Crippen molar-refractivity contribution in [2.45, 2.75) is 251 Å². The molecule has 0 saturated heterocycles. The summed E-state index contributed by atoms with van der Waals surface area (Å²) in [6.07, 6.45) is 73.7. The molecular formula is C62H113NO7P+. The van der Waals surface area contributed by atoms with Crippen molar-refractivity contribution < 1.29 is 37.3 Å². The third-order valence-corrected chi connectivity index (χ3v) is 13.4. The fourth-order valence-electron chi connectivity index (χ4n) is 7.96. The lowest BCUT2D eigenvalue weighted by molar-refractivity contribution is -0.870. The predicted octanol–water partition coefficient (Wildman–Crippen LogP) is 18.7. The summed E-state index contributed by atoms with van der Waals surface area (Å²) < 4.78 is 35.3. The number of carbonyl (C=O) groups is 1. The molecule has 0 radical (unpaired) electrons. The van der Waals surface area contributed by atoms with Crippen molar-refractivity contribution in [3.8, 4) is 0 Å². The molecule has 412 valence electrons. The molecule has 0 bridgehead atoms. The third-order valence-electron chi connectivity index (χ3n) is 12.4. The first-order chi connectivity index (χ1) is 34.6. The minimum atomic E-state index is -4.30. The summed E-state index contributed by atoms with van der Waals surface area (Å²) in [5.74, 6) is -0.321. The van der Waals surface area contributed by atoms with Gasteiger partial charge in [-0.3, -0.25) is 13.8 Å². The van der Waals surface area contributed by atoms with Crippen LogP contribution in [-0.2, 0) is 27.9 Å². The van der Waals surface area contributed by atoms with Crippen LogP contribution in [0.3, 0.4) is 0 Å². The molecule has 0 spiro atoms. The smallest absolute Gasteiger partial charge is 0.457 e. The number of allylic oxidation sites excluding steroid dienone is 14. The molecule has 0 aromatic heterocycles. The second-order valence-corrected chi connectivity index (χ2v) is 22.1. The minimum absolute atomic E-state index is 0.0809. The normalized spacial score (nSPS) is 14.1. The maximum atomic E-state index is 12.8. The van der Waals surface area contributed by atoms with Gasteiger partial charge >= 0.3 is 13.8 Å². The Hall–Kier alpha value is -2.32. The predicted molar refractivity (Wildman–Crippen MR) is 307 cm³/mol. The van der Waals surface area contributed by atoms with Crippen LogP contribution in [0.5, 0.6) is 0 Å². The summed E-state index contributed by atoms with van der Waals surface area (Å²) in [5, 5.41) is 0. The van der Waals surface area contributed by atoms with Gasteiger partial charge in [0.2, 0.25) is 0 Å². The Kier molecular flexibility index (Phi) is 52.2. The summed E-state index contributed by atoms with van der Waals surface area (Å²) in [7, 11) is 1.65. The largest absolute Gasteiger partial charge is 0.472 e. The number of esters is 1. The van der Waals surface area contributed by atoms with Gasteiger partial charge < -0.3 is 18.9 Å². The molecule has 1 N–H and O–H groups in total. The van der Waals surface area contributed by atoms with Gasteiger partial charge in [0.05, 0.1) is 34.4 Å². The second kappa shape index (κ2) is 54.0. The Bertz CT molecular complexity index is 1410. The van der Waals surface area contributed by atoms with E-state index in [-0.39, 0.29) is 25.8 Å². The lowest BCUT2D eigenvalue weighted by atomic mass is 10.0. The van der Waals surface area contributed by atoms with Crippen molar-refractivity contribution in [2.24, 2.45) is 0 Å². The number of quaternary nitrogens is 1. The molecule has 8 nitrogen and oxygen atoms in total. The quantitative estimate of drug-likeness (QED) is 0.0213. The molecule has 0 aromatic carbocycles. The monoisotopic (exact) mass is 1010 g/mol. The molecule has 0 saturated carbocycles. The first kappa shape index (κ1) is 68.7. The van der Waals surface area contributed by atoms with Gasteiger partial charge in [-0.05, 0) is 89.9 Å². The van der Waals surface area contributed by atoms with E-state index in [1.54, 1.807) is 0 Å². The number of likely N-dealkylation sites (N-methyl/N-ethyl adjacent to an activating group) is 1. The first-order valence-corrected chi connectivity index (χ1v) is 30.8. The van der Waals surface area contributed by atoms with E-state index in [0.717, 1.165) is 83.5 Å². The van der Waals surface area contributed by atoms with E-state index in [4.69, 9.17) is 18.5 Å². The molecule has 0 aliphatic heterocycles. The maximum absolute atomic E-state index is 12.8. The number of phosphoric acid groups is 1. The lowest BCUT2D eigenvalue weighted by Gasteiger charge is -2.24. The van der Waals surface area contributed by atoms with Gasteiger partial charge in [-0.25, -0.2) is 4.57 Å². The van der Waals surface area contributed by atoms with E-state index >= 15 is 0 Å². The molecule has 0 aliphatic carbocycles. The van der Waals surface area contributed by atoms with Crippen LogP contribution in [0, 0.1) is 0 Å². The van der Waals surface area contributed by atoms with Gasteiger partial charge in [0.1, 0.15) is 19.3 Å². The van der Waals surface area contributed by atoms with Gasteiger partial charge in [-0.2, -0.15) is 0 Å². The Labute approximate surface area is 439 Å². The van der Waals surface area contributed by atoms with Crippen LogP contribution in [-0.4, -0.2) is 75.6 Å². The SMILES string of the molecule is CC/C=C\C/C=C\C/C=C\C/C=C\C/C=C\C/C=C\CCCCCCCOCC(COP(=O)(O)OCC[N+](C)(C)C)OC(=O)CCCCCCCCCCCCCCC/C=C\CCCCCCCCCC. The average Bonchev–Trinajstić information content (AvgIpc) is 3.33. The van der Waals surface area contributed by atoms with E-state index in [1.165, 1.54) is 141 Å². The molecule has 0 rings (SSSR count). The molecule has 0 aliphatic rings. The van der Waals surface area contributed by atoms with Crippen molar-refractivity contribution in [3.63, 3.8) is 0 Å². The molecule has 0 heterocycles. The van der Waals surface area contributed by atoms with Gasteiger partial charge in [0.15, 0.2) is 0 Å². The zero-order chi connectivity index (χ0) is 51.9. The van der Waals surface area contributed by atoms with Gasteiger partial charge in [0.25, 0.3) is 0 Å². The summed E-state index contributed by atoms with van der Waals surface area (Å²) in [4.78, 5) is 23.1. The van der Waals surface area contributed by atoms with Gasteiger partial charge in [-0.1, -0.05) is 234 Å². The molecule has 9 heteroatoms. The van der Waals surface area contributed by atoms with E-state index in [0.29, 0.717) is 24.1 Å².